The van der Waals surface area contributed by atoms with Crippen molar-refractivity contribution < 1.29 is 9.90 Å². The van der Waals surface area contributed by atoms with Gasteiger partial charge in [-0.2, -0.15) is 5.10 Å². The molecule has 1 N–H and O–H groups in total. The van der Waals surface area contributed by atoms with Gasteiger partial charge in [0.25, 0.3) is 0 Å². The third-order valence-corrected chi connectivity index (χ3v) is 5.48. The van der Waals surface area contributed by atoms with E-state index in [0.29, 0.717) is 23.3 Å². The van der Waals surface area contributed by atoms with E-state index in [2.05, 4.69) is 10.00 Å². The summed E-state index contributed by atoms with van der Waals surface area (Å²) in [5, 5.41) is 14.8. The molecule has 2 bridgehead atoms. The van der Waals surface area contributed by atoms with Crippen LogP contribution >= 0.6 is 0 Å². The standard InChI is InChI=1S/C14H19N3O2/c1-7-11(6-18)14(16(2)15-7)17-5-9-3-8-4-10(9)12(17)13(8)19/h6,8-10,12-13,19H,3-5H2,1-2H3. The van der Waals surface area contributed by atoms with E-state index in [1.165, 1.54) is 0 Å². The Morgan fingerprint density at radius 3 is 2.84 bits per heavy atom. The van der Waals surface area contributed by atoms with Crippen LogP contribution in [0.15, 0.2) is 0 Å². The molecule has 5 atom stereocenters. The smallest absolute Gasteiger partial charge is 0.155 e. The number of aliphatic hydroxyl groups is 1. The van der Waals surface area contributed by atoms with Crippen molar-refractivity contribution in [2.75, 3.05) is 11.4 Å². The SMILES string of the molecule is Cc1nn(C)c(N2CC3CC4CC3C2C4O)c1C=O. The Morgan fingerprint density at radius 2 is 2.16 bits per heavy atom. The number of aromatic nitrogens is 2. The van der Waals surface area contributed by atoms with Gasteiger partial charge in [-0.25, -0.2) is 0 Å². The van der Waals surface area contributed by atoms with Crippen LogP contribution < -0.4 is 4.90 Å². The van der Waals surface area contributed by atoms with E-state index < -0.39 is 0 Å². The molecule has 2 saturated carbocycles. The first-order valence-electron chi connectivity index (χ1n) is 7.05. The fourth-order valence-corrected chi connectivity index (χ4v) is 4.80. The number of fused-ring (bicyclic) bond motifs is 1. The van der Waals surface area contributed by atoms with Crippen LogP contribution in [-0.4, -0.2) is 39.9 Å². The minimum atomic E-state index is -0.238. The van der Waals surface area contributed by atoms with Gasteiger partial charge in [-0.3, -0.25) is 9.48 Å². The van der Waals surface area contributed by atoms with Crippen LogP contribution in [0.25, 0.3) is 0 Å². The maximum atomic E-state index is 11.3. The lowest BCUT2D eigenvalue weighted by molar-refractivity contribution is 0.0962. The Morgan fingerprint density at radius 1 is 1.37 bits per heavy atom. The molecule has 102 valence electrons. The molecule has 0 spiro atoms. The molecule has 5 heteroatoms. The van der Waals surface area contributed by atoms with E-state index in [9.17, 15) is 9.90 Å². The predicted octanol–water partition coefficient (Wildman–Crippen LogP) is 0.747. The summed E-state index contributed by atoms with van der Waals surface area (Å²) in [5.41, 5.74) is 1.45. The van der Waals surface area contributed by atoms with Gasteiger partial charge in [-0.15, -0.1) is 0 Å². The van der Waals surface area contributed by atoms with Gasteiger partial charge in [0.1, 0.15) is 5.82 Å². The Bertz CT molecular complexity index is 551. The molecule has 3 fully saturated rings. The molecule has 3 aliphatic rings. The molecule has 2 heterocycles. The monoisotopic (exact) mass is 261 g/mol. The first-order valence-corrected chi connectivity index (χ1v) is 7.05. The summed E-state index contributed by atoms with van der Waals surface area (Å²) in [6, 6.07) is 0.192. The summed E-state index contributed by atoms with van der Waals surface area (Å²) in [7, 11) is 1.88. The number of aliphatic hydroxyl groups excluding tert-OH is 1. The first-order chi connectivity index (χ1) is 9.11. The third kappa shape index (κ3) is 1.29. The second-order valence-electron chi connectivity index (χ2n) is 6.35. The van der Waals surface area contributed by atoms with Gasteiger partial charge in [0, 0.05) is 13.6 Å². The minimum absolute atomic E-state index is 0.192. The summed E-state index contributed by atoms with van der Waals surface area (Å²) < 4.78 is 1.80. The Hall–Kier alpha value is -1.36. The lowest BCUT2D eigenvalue weighted by atomic mass is 9.88. The quantitative estimate of drug-likeness (QED) is 0.798. The number of anilines is 1. The fourth-order valence-electron chi connectivity index (χ4n) is 4.80. The van der Waals surface area contributed by atoms with Crippen molar-refractivity contribution in [2.24, 2.45) is 24.8 Å². The average molecular weight is 261 g/mol. The van der Waals surface area contributed by atoms with Crippen molar-refractivity contribution in [2.45, 2.75) is 31.9 Å². The molecule has 5 unspecified atom stereocenters. The number of carbonyl (C=O) groups excluding carboxylic acids is 1. The van der Waals surface area contributed by atoms with Crippen LogP contribution in [-0.2, 0) is 7.05 Å². The van der Waals surface area contributed by atoms with E-state index in [1.54, 1.807) is 4.68 Å². The maximum Gasteiger partial charge on any atom is 0.155 e. The van der Waals surface area contributed by atoms with E-state index in [0.717, 1.165) is 37.2 Å². The van der Waals surface area contributed by atoms with Gasteiger partial charge in [-0.1, -0.05) is 0 Å². The topological polar surface area (TPSA) is 58.4 Å². The fraction of sp³-hybridized carbons (Fsp3) is 0.714. The van der Waals surface area contributed by atoms with Gasteiger partial charge in [0.2, 0.25) is 0 Å². The molecule has 4 rings (SSSR count). The van der Waals surface area contributed by atoms with Crippen LogP contribution in [0.2, 0.25) is 0 Å². The molecule has 1 aromatic heterocycles. The molecule has 5 nitrogen and oxygen atoms in total. The molecule has 0 amide bonds. The van der Waals surface area contributed by atoms with Crippen LogP contribution in [0.3, 0.4) is 0 Å². The van der Waals surface area contributed by atoms with Crippen LogP contribution in [0, 0.1) is 24.7 Å². The molecule has 1 aromatic rings. The molecule has 19 heavy (non-hydrogen) atoms. The molecule has 0 aromatic carbocycles. The van der Waals surface area contributed by atoms with Crippen molar-refractivity contribution in [3.05, 3.63) is 11.3 Å². The predicted molar refractivity (Wildman–Crippen MR) is 70.2 cm³/mol. The molecule has 1 aliphatic heterocycles. The van der Waals surface area contributed by atoms with Crippen LogP contribution in [0.5, 0.6) is 0 Å². The molecule has 2 aliphatic carbocycles. The number of hydrogen-bond acceptors (Lipinski definition) is 4. The van der Waals surface area contributed by atoms with E-state index >= 15 is 0 Å². The summed E-state index contributed by atoms with van der Waals surface area (Å²) in [6.45, 7) is 2.83. The third-order valence-electron chi connectivity index (χ3n) is 5.48. The number of nitrogens with zero attached hydrogens (tertiary/aromatic N) is 3. The van der Waals surface area contributed by atoms with Gasteiger partial charge in [-0.05, 0) is 37.5 Å². The lowest BCUT2D eigenvalue weighted by Gasteiger charge is -2.30. The molecule has 1 saturated heterocycles. The van der Waals surface area contributed by atoms with Gasteiger partial charge >= 0.3 is 0 Å². The van der Waals surface area contributed by atoms with Gasteiger partial charge in [0.05, 0.1) is 23.4 Å². The van der Waals surface area contributed by atoms with Gasteiger partial charge < -0.3 is 10.0 Å². The van der Waals surface area contributed by atoms with E-state index in [4.69, 9.17) is 0 Å². The zero-order valence-electron chi connectivity index (χ0n) is 11.3. The largest absolute Gasteiger partial charge is 0.391 e. The van der Waals surface area contributed by atoms with Crippen LogP contribution in [0.4, 0.5) is 5.82 Å². The first kappa shape index (κ1) is 11.5. The molecule has 0 radical (unpaired) electrons. The molecular weight excluding hydrogens is 242 g/mol. The zero-order valence-corrected chi connectivity index (χ0v) is 11.3. The van der Waals surface area contributed by atoms with E-state index in [1.807, 2.05) is 14.0 Å². The summed E-state index contributed by atoms with van der Waals surface area (Å²) in [4.78, 5) is 13.6. The number of carbonyl (C=O) groups is 1. The van der Waals surface area contributed by atoms with Crippen molar-refractivity contribution >= 4 is 12.1 Å². The van der Waals surface area contributed by atoms with Gasteiger partial charge in [0.15, 0.2) is 6.29 Å². The second-order valence-corrected chi connectivity index (χ2v) is 6.35. The van der Waals surface area contributed by atoms with Crippen molar-refractivity contribution in [3.8, 4) is 0 Å². The highest BCUT2D eigenvalue weighted by Gasteiger charge is 2.59. The number of hydrogen-bond donors (Lipinski definition) is 1. The van der Waals surface area contributed by atoms with Crippen LogP contribution in [0.1, 0.15) is 28.9 Å². The highest BCUT2D eigenvalue weighted by Crippen LogP contribution is 2.56. The Kier molecular flexibility index (Phi) is 2.17. The Labute approximate surface area is 112 Å². The highest BCUT2D eigenvalue weighted by molar-refractivity contribution is 5.85. The maximum absolute atomic E-state index is 11.3. The summed E-state index contributed by atoms with van der Waals surface area (Å²) >= 11 is 0. The number of rotatable bonds is 2. The molecular formula is C14H19N3O2. The average Bonchev–Trinajstić information content (AvgIpc) is 3.01. The normalized spacial score (nSPS) is 39.3. The summed E-state index contributed by atoms with van der Waals surface area (Å²) in [6.07, 6.45) is 2.96. The zero-order chi connectivity index (χ0) is 13.3. The van der Waals surface area contributed by atoms with Crippen molar-refractivity contribution in [1.29, 1.82) is 0 Å². The van der Waals surface area contributed by atoms with Crippen molar-refractivity contribution in [3.63, 3.8) is 0 Å². The second kappa shape index (κ2) is 3.60. The Balaban J connectivity index is 1.80. The van der Waals surface area contributed by atoms with Crippen molar-refractivity contribution in [1.82, 2.24) is 9.78 Å². The highest BCUT2D eigenvalue weighted by atomic mass is 16.3. The summed E-state index contributed by atoms with van der Waals surface area (Å²) in [5.74, 6) is 2.66. The van der Waals surface area contributed by atoms with E-state index in [-0.39, 0.29) is 12.1 Å². The number of aldehydes is 1. The number of aryl methyl sites for hydroxylation is 2. The minimum Gasteiger partial charge on any atom is -0.391 e. The lowest BCUT2D eigenvalue weighted by Crippen LogP contribution is -2.41.